The Hall–Kier alpha value is -1.91. The van der Waals surface area contributed by atoms with Gasteiger partial charge in [-0.3, -0.25) is 14.9 Å². The molecule has 1 atom stereocenters. The van der Waals surface area contributed by atoms with Gasteiger partial charge in [0.1, 0.15) is 0 Å². The normalized spacial score (nSPS) is 24.1. The standard InChI is InChI=1S/C22H21N2O3.C5H5.Fe/c1-22(2)12-19-21(20(25)13-22)17(14-6-3-4-7-14)11-18(23-19)15-8-5-9-16(10-15)24(26)27;1-2-4-5-3-1;/h3-11,17,23H,12-13H2,1-2H3;1-5H;/q;;+2. The van der Waals surface area contributed by atoms with E-state index in [0.717, 1.165) is 34.9 Å². The minimum Gasteiger partial charge on any atom is -0.358 e. The van der Waals surface area contributed by atoms with Crippen molar-refractivity contribution in [3.05, 3.63) is 121 Å². The number of ketones is 1. The third kappa shape index (κ3) is 6.16. The Labute approximate surface area is 208 Å². The summed E-state index contributed by atoms with van der Waals surface area (Å²) in [5, 5.41) is 14.6. The molecule has 6 heteroatoms. The van der Waals surface area contributed by atoms with E-state index in [0.29, 0.717) is 6.42 Å². The number of Topliss-reactive ketones (excluding diaryl/α,β-unsaturated/α-hetero) is 1. The van der Waals surface area contributed by atoms with Crippen molar-refractivity contribution in [2.24, 2.45) is 11.3 Å². The van der Waals surface area contributed by atoms with Crippen molar-refractivity contribution in [2.45, 2.75) is 26.7 Å². The molecule has 1 aromatic rings. The van der Waals surface area contributed by atoms with Crippen LogP contribution in [0.5, 0.6) is 0 Å². The molecule has 0 saturated heterocycles. The molecule has 5 rings (SSSR count). The van der Waals surface area contributed by atoms with Gasteiger partial charge in [-0.05, 0) is 75.5 Å². The number of rotatable bonds is 3. The van der Waals surface area contributed by atoms with Crippen LogP contribution in [0, 0.1) is 85.2 Å². The molecule has 2 fully saturated rings. The number of allylic oxidation sites excluding steroid dienone is 3. The van der Waals surface area contributed by atoms with E-state index in [4.69, 9.17) is 0 Å². The molecule has 1 aliphatic heterocycles. The SMILES string of the molecule is CC1(C)CC(=O)C2=C(C1)NC(c1cccc([N+](=O)[O-])c1)=CC2[C]1[CH][CH][CH][CH]1.[CH]1[CH][CH][CH][CH]1.[Fe+2]. The molecule has 1 aromatic carbocycles. The molecule has 1 N–H and O–H groups in total. The number of nitro benzene ring substituents is 1. The van der Waals surface area contributed by atoms with E-state index < -0.39 is 0 Å². The van der Waals surface area contributed by atoms with Gasteiger partial charge in [-0.25, -0.2) is 0 Å². The molecule has 4 aliphatic rings. The number of hydrogen-bond acceptors (Lipinski definition) is 4. The summed E-state index contributed by atoms with van der Waals surface area (Å²) in [4.78, 5) is 23.7. The van der Waals surface area contributed by atoms with Crippen molar-refractivity contribution in [3.63, 3.8) is 0 Å². The maximum absolute atomic E-state index is 12.9. The minimum atomic E-state index is -0.389. The Balaban J connectivity index is 0.000000453. The number of carbonyl (C=O) groups excluding carboxylic acids is 1. The van der Waals surface area contributed by atoms with Crippen LogP contribution in [0.15, 0.2) is 41.6 Å². The van der Waals surface area contributed by atoms with Crippen LogP contribution >= 0.6 is 0 Å². The smallest absolute Gasteiger partial charge is 0.358 e. The van der Waals surface area contributed by atoms with E-state index in [-0.39, 0.29) is 44.8 Å². The second kappa shape index (κ2) is 11.0. The third-order valence-electron chi connectivity index (χ3n) is 5.82. The van der Waals surface area contributed by atoms with Gasteiger partial charge in [0, 0.05) is 47.0 Å². The van der Waals surface area contributed by atoms with Gasteiger partial charge in [0.05, 0.1) is 4.92 Å². The number of benzene rings is 1. The van der Waals surface area contributed by atoms with E-state index in [1.54, 1.807) is 12.1 Å². The second-order valence-corrected chi connectivity index (χ2v) is 9.00. The number of dihydropyridines is 1. The molecule has 10 radical (unpaired) electrons. The predicted octanol–water partition coefficient (Wildman–Crippen LogP) is 5.22. The van der Waals surface area contributed by atoms with E-state index in [1.165, 1.54) is 6.07 Å². The van der Waals surface area contributed by atoms with Gasteiger partial charge in [0.25, 0.3) is 5.69 Å². The van der Waals surface area contributed by atoms with Crippen LogP contribution in [0.4, 0.5) is 5.69 Å². The quantitative estimate of drug-likeness (QED) is 0.364. The van der Waals surface area contributed by atoms with Gasteiger partial charge in [-0.15, -0.1) is 0 Å². The predicted molar refractivity (Wildman–Crippen MR) is 125 cm³/mol. The van der Waals surface area contributed by atoms with Crippen molar-refractivity contribution in [3.8, 4) is 0 Å². The summed E-state index contributed by atoms with van der Waals surface area (Å²) in [5.74, 6) is 1.11. The number of non-ortho nitro benzene ring substituents is 1. The number of nitrogens with zero attached hydrogens (tertiary/aromatic N) is 1. The number of nitro groups is 1. The first-order valence-electron chi connectivity index (χ1n) is 10.7. The maximum atomic E-state index is 12.9. The molecular weight excluding hydrogens is 456 g/mol. The van der Waals surface area contributed by atoms with Crippen LogP contribution in [0.2, 0.25) is 0 Å². The zero-order chi connectivity index (χ0) is 22.7. The summed E-state index contributed by atoms with van der Waals surface area (Å²) in [6, 6.07) is 6.60. The van der Waals surface area contributed by atoms with Crippen LogP contribution in [0.25, 0.3) is 5.70 Å². The fourth-order valence-corrected chi connectivity index (χ4v) is 4.40. The third-order valence-corrected chi connectivity index (χ3v) is 5.82. The average molecular weight is 482 g/mol. The number of nitrogens with one attached hydrogen (secondary N) is 1. The van der Waals surface area contributed by atoms with Crippen LogP contribution < -0.4 is 5.32 Å². The summed E-state index contributed by atoms with van der Waals surface area (Å²) >= 11 is 0. The molecule has 168 valence electrons. The molecule has 33 heavy (non-hydrogen) atoms. The molecule has 0 amide bonds. The largest absolute Gasteiger partial charge is 2.00 e. The molecule has 0 aromatic heterocycles. The van der Waals surface area contributed by atoms with Crippen LogP contribution in [-0.2, 0) is 21.9 Å². The molecule has 5 nitrogen and oxygen atoms in total. The minimum absolute atomic E-state index is 0. The van der Waals surface area contributed by atoms with E-state index >= 15 is 0 Å². The number of carbonyl (C=O) groups is 1. The molecule has 3 aliphatic carbocycles. The van der Waals surface area contributed by atoms with Gasteiger partial charge in [-0.2, -0.15) is 0 Å². The van der Waals surface area contributed by atoms with Crippen LogP contribution in [0.3, 0.4) is 0 Å². The van der Waals surface area contributed by atoms with Gasteiger partial charge in [0.15, 0.2) is 5.78 Å². The zero-order valence-electron chi connectivity index (χ0n) is 18.6. The van der Waals surface area contributed by atoms with Gasteiger partial charge < -0.3 is 5.32 Å². The van der Waals surface area contributed by atoms with Crippen molar-refractivity contribution >= 4 is 17.2 Å². The molecule has 1 heterocycles. The van der Waals surface area contributed by atoms with E-state index in [1.807, 2.05) is 69.9 Å². The average Bonchev–Trinajstić information content (AvgIpc) is 3.48. The second-order valence-electron chi connectivity index (χ2n) is 9.00. The maximum Gasteiger partial charge on any atom is 2.00 e. The Morgan fingerprint density at radius 3 is 2.24 bits per heavy atom. The Morgan fingerprint density at radius 2 is 1.64 bits per heavy atom. The van der Waals surface area contributed by atoms with Gasteiger partial charge in [0.2, 0.25) is 0 Å². The number of hydrogen-bond donors (Lipinski definition) is 1. The molecule has 2 saturated carbocycles. The molecule has 0 spiro atoms. The van der Waals surface area contributed by atoms with Crippen molar-refractivity contribution < 1.29 is 26.8 Å². The van der Waals surface area contributed by atoms with E-state index in [9.17, 15) is 14.9 Å². The Bertz CT molecular complexity index is 933. The van der Waals surface area contributed by atoms with Crippen molar-refractivity contribution in [2.75, 3.05) is 0 Å². The van der Waals surface area contributed by atoms with Crippen molar-refractivity contribution in [1.29, 1.82) is 0 Å². The Morgan fingerprint density at radius 1 is 1.00 bits per heavy atom. The monoisotopic (exact) mass is 482 g/mol. The van der Waals surface area contributed by atoms with Gasteiger partial charge >= 0.3 is 17.1 Å². The topological polar surface area (TPSA) is 72.2 Å². The first kappa shape index (κ1) is 25.7. The summed E-state index contributed by atoms with van der Waals surface area (Å²) in [7, 11) is 0. The van der Waals surface area contributed by atoms with Crippen LogP contribution in [0.1, 0.15) is 32.3 Å². The van der Waals surface area contributed by atoms with Gasteiger partial charge in [-0.1, -0.05) is 32.1 Å². The summed E-state index contributed by atoms with van der Waals surface area (Å²) in [5.41, 5.74) is 3.28. The summed E-state index contributed by atoms with van der Waals surface area (Å²) in [6.45, 7) is 4.19. The summed E-state index contributed by atoms with van der Waals surface area (Å²) in [6.07, 6.45) is 21.3. The fourth-order valence-electron chi connectivity index (χ4n) is 4.40. The molecular formula is C27H26FeN2O3+2. The van der Waals surface area contributed by atoms with Crippen LogP contribution in [-0.4, -0.2) is 10.7 Å². The molecule has 0 bridgehead atoms. The van der Waals surface area contributed by atoms with E-state index in [2.05, 4.69) is 19.2 Å². The summed E-state index contributed by atoms with van der Waals surface area (Å²) < 4.78 is 0. The first-order chi connectivity index (χ1) is 15.3. The molecule has 1 unspecified atom stereocenters. The Kier molecular flexibility index (Phi) is 8.58. The van der Waals surface area contributed by atoms with Crippen molar-refractivity contribution in [1.82, 2.24) is 5.32 Å². The fraction of sp³-hybridized carbons (Fsp3) is 0.222. The first-order valence-corrected chi connectivity index (χ1v) is 10.7. The zero-order valence-corrected chi connectivity index (χ0v) is 19.7.